The maximum atomic E-state index is 5.14. The van der Waals surface area contributed by atoms with Crippen LogP contribution in [0.5, 0.6) is 0 Å². The molecule has 0 aromatic carbocycles. The Morgan fingerprint density at radius 2 is 2.31 bits per heavy atom. The van der Waals surface area contributed by atoms with Gasteiger partial charge in [-0.25, -0.2) is 0 Å². The minimum Gasteiger partial charge on any atom is -0.472 e. The van der Waals surface area contributed by atoms with E-state index in [2.05, 4.69) is 28.9 Å². The molecule has 2 rings (SSSR count). The van der Waals surface area contributed by atoms with E-state index in [1.165, 1.54) is 24.8 Å². The van der Waals surface area contributed by atoms with Crippen molar-refractivity contribution in [2.24, 2.45) is 5.92 Å². The lowest BCUT2D eigenvalue weighted by Gasteiger charge is -2.31. The van der Waals surface area contributed by atoms with E-state index in [-0.39, 0.29) is 0 Å². The van der Waals surface area contributed by atoms with Crippen LogP contribution in [0.3, 0.4) is 0 Å². The van der Waals surface area contributed by atoms with Crippen molar-refractivity contribution < 1.29 is 4.42 Å². The number of hydrogen-bond acceptors (Lipinski definition) is 1. The topological polar surface area (TPSA) is 13.1 Å². The summed E-state index contributed by atoms with van der Waals surface area (Å²) >= 11 is 3.71. The van der Waals surface area contributed by atoms with Gasteiger partial charge in [0, 0.05) is 4.83 Å². The molecular weight excluding hydrogens is 228 g/mol. The second-order valence-electron chi connectivity index (χ2n) is 4.05. The third-order valence-corrected chi connectivity index (χ3v) is 3.93. The van der Waals surface area contributed by atoms with Crippen molar-refractivity contribution in [3.05, 3.63) is 24.2 Å². The van der Waals surface area contributed by atoms with Gasteiger partial charge in [-0.2, -0.15) is 0 Å². The van der Waals surface area contributed by atoms with Crippen LogP contribution in [0.1, 0.15) is 37.7 Å². The smallest absolute Gasteiger partial charge is 0.0937 e. The van der Waals surface area contributed by atoms with Crippen LogP contribution >= 0.6 is 15.9 Å². The summed E-state index contributed by atoms with van der Waals surface area (Å²) in [6.45, 7) is 2.34. The molecule has 1 fully saturated rings. The molecule has 0 saturated heterocycles. The first-order chi connectivity index (χ1) is 6.27. The highest BCUT2D eigenvalue weighted by atomic mass is 79.9. The molecule has 0 amide bonds. The van der Waals surface area contributed by atoms with Gasteiger partial charge in [0.15, 0.2) is 0 Å². The molecule has 13 heavy (non-hydrogen) atoms. The molecular formula is C11H15BrO. The van der Waals surface area contributed by atoms with Crippen LogP contribution in [0.2, 0.25) is 0 Å². The molecule has 1 aliphatic carbocycles. The van der Waals surface area contributed by atoms with E-state index >= 15 is 0 Å². The van der Waals surface area contributed by atoms with E-state index in [0.29, 0.717) is 10.7 Å². The molecule has 72 valence electrons. The zero-order valence-corrected chi connectivity index (χ0v) is 9.46. The van der Waals surface area contributed by atoms with Gasteiger partial charge in [-0.3, -0.25) is 0 Å². The van der Waals surface area contributed by atoms with E-state index in [1.807, 2.05) is 6.26 Å². The molecule has 3 atom stereocenters. The summed E-state index contributed by atoms with van der Waals surface area (Å²) < 4.78 is 5.14. The Hall–Kier alpha value is -0.240. The molecule has 1 nitrogen and oxygen atoms in total. The van der Waals surface area contributed by atoms with Crippen LogP contribution in [-0.4, -0.2) is 4.83 Å². The first kappa shape index (κ1) is 9.32. The predicted molar refractivity (Wildman–Crippen MR) is 57.2 cm³/mol. The van der Waals surface area contributed by atoms with Gasteiger partial charge in [0.05, 0.1) is 12.5 Å². The van der Waals surface area contributed by atoms with Gasteiger partial charge in [-0.1, -0.05) is 22.9 Å². The molecule has 0 spiro atoms. The molecule has 0 aliphatic heterocycles. The van der Waals surface area contributed by atoms with Crippen molar-refractivity contribution in [3.63, 3.8) is 0 Å². The van der Waals surface area contributed by atoms with Crippen molar-refractivity contribution >= 4 is 15.9 Å². The fourth-order valence-corrected chi connectivity index (χ4v) is 2.89. The van der Waals surface area contributed by atoms with E-state index in [0.717, 1.165) is 5.92 Å². The zero-order chi connectivity index (χ0) is 9.26. The molecule has 0 N–H and O–H groups in total. The van der Waals surface area contributed by atoms with Crippen LogP contribution in [-0.2, 0) is 0 Å². The summed E-state index contributed by atoms with van der Waals surface area (Å²) in [4.78, 5) is 0.698. The minimum absolute atomic E-state index is 0.692. The van der Waals surface area contributed by atoms with Crippen LogP contribution in [0.4, 0.5) is 0 Å². The summed E-state index contributed by atoms with van der Waals surface area (Å²) in [6, 6.07) is 2.10. The lowest BCUT2D eigenvalue weighted by Crippen LogP contribution is -2.20. The van der Waals surface area contributed by atoms with Gasteiger partial charge >= 0.3 is 0 Å². The molecule has 1 saturated carbocycles. The summed E-state index contributed by atoms with van der Waals surface area (Å²) in [6.07, 6.45) is 7.56. The lowest BCUT2D eigenvalue weighted by atomic mass is 9.77. The monoisotopic (exact) mass is 242 g/mol. The highest BCUT2D eigenvalue weighted by molar-refractivity contribution is 9.09. The number of rotatable bonds is 1. The fourth-order valence-electron chi connectivity index (χ4n) is 2.22. The molecule has 0 radical (unpaired) electrons. The third kappa shape index (κ3) is 1.98. The number of hydrogen-bond donors (Lipinski definition) is 0. The molecule has 1 aliphatic rings. The Morgan fingerprint density at radius 1 is 1.46 bits per heavy atom. The number of alkyl halides is 1. The molecule has 1 aromatic rings. The first-order valence-corrected chi connectivity index (χ1v) is 5.85. The molecule has 2 heteroatoms. The van der Waals surface area contributed by atoms with Crippen LogP contribution < -0.4 is 0 Å². The zero-order valence-electron chi connectivity index (χ0n) is 7.87. The van der Waals surface area contributed by atoms with Crippen LogP contribution in [0, 0.1) is 5.92 Å². The minimum atomic E-state index is 0.692. The number of furan rings is 1. The van der Waals surface area contributed by atoms with E-state index in [9.17, 15) is 0 Å². The molecule has 0 bridgehead atoms. The second kappa shape index (κ2) is 3.87. The Morgan fingerprint density at radius 3 is 3.00 bits per heavy atom. The Kier molecular flexibility index (Phi) is 2.77. The summed E-state index contributed by atoms with van der Waals surface area (Å²) in [7, 11) is 0. The highest BCUT2D eigenvalue weighted by Crippen LogP contribution is 2.40. The normalized spacial score (nSPS) is 34.8. The van der Waals surface area contributed by atoms with Crippen LogP contribution in [0.15, 0.2) is 23.0 Å². The van der Waals surface area contributed by atoms with E-state index in [4.69, 9.17) is 4.42 Å². The maximum absolute atomic E-state index is 5.14. The van der Waals surface area contributed by atoms with Gasteiger partial charge in [0.2, 0.25) is 0 Å². The van der Waals surface area contributed by atoms with Crippen molar-refractivity contribution in [1.82, 2.24) is 0 Å². The maximum Gasteiger partial charge on any atom is 0.0937 e. The first-order valence-electron chi connectivity index (χ1n) is 4.93. The van der Waals surface area contributed by atoms with Crippen molar-refractivity contribution in [2.75, 3.05) is 0 Å². The average molecular weight is 243 g/mol. The predicted octanol–water partition coefficient (Wildman–Crippen LogP) is 3.95. The molecule has 1 heterocycles. The number of halogens is 1. The summed E-state index contributed by atoms with van der Waals surface area (Å²) in [5.41, 5.74) is 1.37. The van der Waals surface area contributed by atoms with E-state index < -0.39 is 0 Å². The van der Waals surface area contributed by atoms with Gasteiger partial charge < -0.3 is 4.42 Å². The summed E-state index contributed by atoms with van der Waals surface area (Å²) in [5.74, 6) is 1.49. The van der Waals surface area contributed by atoms with Crippen LogP contribution in [0.25, 0.3) is 0 Å². The van der Waals surface area contributed by atoms with Gasteiger partial charge in [0.25, 0.3) is 0 Å². The van der Waals surface area contributed by atoms with Crippen molar-refractivity contribution in [2.45, 2.75) is 36.9 Å². The Bertz CT molecular complexity index is 255. The third-order valence-electron chi connectivity index (χ3n) is 3.10. The van der Waals surface area contributed by atoms with Gasteiger partial charge in [0.1, 0.15) is 0 Å². The van der Waals surface area contributed by atoms with Gasteiger partial charge in [-0.05, 0) is 42.7 Å². The largest absolute Gasteiger partial charge is 0.472 e. The second-order valence-corrected chi connectivity index (χ2v) is 5.35. The van der Waals surface area contributed by atoms with Crippen molar-refractivity contribution in [3.8, 4) is 0 Å². The fraction of sp³-hybridized carbons (Fsp3) is 0.636. The van der Waals surface area contributed by atoms with E-state index in [1.54, 1.807) is 6.26 Å². The summed E-state index contributed by atoms with van der Waals surface area (Å²) in [5, 5.41) is 0. The molecule has 3 unspecified atom stereocenters. The highest BCUT2D eigenvalue weighted by Gasteiger charge is 2.27. The van der Waals surface area contributed by atoms with Gasteiger partial charge in [-0.15, -0.1) is 0 Å². The Labute approximate surface area is 87.6 Å². The lowest BCUT2D eigenvalue weighted by molar-refractivity contribution is 0.338. The average Bonchev–Trinajstić information content (AvgIpc) is 2.61. The molecule has 1 aromatic heterocycles. The quantitative estimate of drug-likeness (QED) is 0.681. The Balaban J connectivity index is 2.12. The SMILES string of the molecule is CC1CCC(Br)CC1c1ccoc1. The van der Waals surface area contributed by atoms with Crippen molar-refractivity contribution in [1.29, 1.82) is 0 Å². The standard InChI is InChI=1S/C11H15BrO/c1-8-2-3-10(12)6-11(8)9-4-5-13-7-9/h4-5,7-8,10-11H,2-3,6H2,1H3.